The molecule has 0 radical (unpaired) electrons. The fourth-order valence-electron chi connectivity index (χ4n) is 1.06. The molecular formula is C8H14BrN3. The van der Waals surface area contributed by atoms with E-state index >= 15 is 0 Å². The highest BCUT2D eigenvalue weighted by Crippen LogP contribution is 2.25. The Kier molecular flexibility index (Phi) is 3.29. The summed E-state index contributed by atoms with van der Waals surface area (Å²) in [6.07, 6.45) is 0. The van der Waals surface area contributed by atoms with Crippen LogP contribution in [0.5, 0.6) is 0 Å². The third kappa shape index (κ3) is 1.87. The maximum absolute atomic E-state index is 4.22. The number of hydrogen-bond acceptors (Lipinski definition) is 2. The van der Waals surface area contributed by atoms with Crippen molar-refractivity contribution in [3.63, 3.8) is 0 Å². The summed E-state index contributed by atoms with van der Waals surface area (Å²) in [6.45, 7) is 5.08. The van der Waals surface area contributed by atoms with Gasteiger partial charge in [0, 0.05) is 6.54 Å². The number of nitrogens with zero attached hydrogens (tertiary/aromatic N) is 1. The van der Waals surface area contributed by atoms with Gasteiger partial charge in [-0.3, -0.25) is 5.10 Å². The van der Waals surface area contributed by atoms with Gasteiger partial charge in [-0.2, -0.15) is 5.10 Å². The van der Waals surface area contributed by atoms with E-state index in [9.17, 15) is 0 Å². The van der Waals surface area contributed by atoms with E-state index in [4.69, 9.17) is 0 Å². The van der Waals surface area contributed by atoms with Crippen LogP contribution in [-0.4, -0.2) is 17.2 Å². The van der Waals surface area contributed by atoms with E-state index in [-0.39, 0.29) is 0 Å². The second kappa shape index (κ2) is 4.05. The Morgan fingerprint density at radius 2 is 2.25 bits per heavy atom. The Labute approximate surface area is 81.1 Å². The summed E-state index contributed by atoms with van der Waals surface area (Å²) < 4.78 is 1.10. The van der Waals surface area contributed by atoms with Gasteiger partial charge in [0.2, 0.25) is 0 Å². The molecule has 0 saturated carbocycles. The lowest BCUT2D eigenvalue weighted by Crippen LogP contribution is -2.05. The predicted octanol–water partition coefficient (Wildman–Crippen LogP) is 2.01. The molecular weight excluding hydrogens is 218 g/mol. The molecule has 0 saturated heterocycles. The van der Waals surface area contributed by atoms with Crippen LogP contribution in [0.4, 0.5) is 0 Å². The Bertz CT molecular complexity index is 255. The molecule has 0 amide bonds. The third-order valence-electron chi connectivity index (χ3n) is 1.70. The van der Waals surface area contributed by atoms with E-state index in [1.165, 1.54) is 0 Å². The second-order valence-electron chi connectivity index (χ2n) is 3.09. The third-order valence-corrected chi connectivity index (χ3v) is 2.59. The molecule has 0 aromatic carbocycles. The number of halogens is 1. The zero-order valence-electron chi connectivity index (χ0n) is 7.61. The van der Waals surface area contributed by atoms with Crippen molar-refractivity contribution in [2.75, 3.05) is 7.05 Å². The minimum absolute atomic E-state index is 0.459. The highest BCUT2D eigenvalue weighted by Gasteiger charge is 2.11. The van der Waals surface area contributed by atoms with Crippen molar-refractivity contribution in [1.29, 1.82) is 0 Å². The summed E-state index contributed by atoms with van der Waals surface area (Å²) >= 11 is 3.52. The molecule has 68 valence electrons. The summed E-state index contributed by atoms with van der Waals surface area (Å²) in [5.74, 6) is 0.459. The standard InChI is InChI=1S/C8H14BrN3/c1-5(2)8-7(9)6(4-10-3)11-12-8/h5,10H,4H2,1-3H3,(H,11,12). The van der Waals surface area contributed by atoms with Gasteiger partial charge in [-0.15, -0.1) is 0 Å². The van der Waals surface area contributed by atoms with Crippen molar-refractivity contribution in [3.8, 4) is 0 Å². The van der Waals surface area contributed by atoms with Crippen molar-refractivity contribution >= 4 is 15.9 Å². The Balaban J connectivity index is 2.88. The van der Waals surface area contributed by atoms with Crippen molar-refractivity contribution in [2.45, 2.75) is 26.3 Å². The first-order chi connectivity index (χ1) is 5.66. The molecule has 0 aliphatic carbocycles. The van der Waals surface area contributed by atoms with Crippen LogP contribution in [0.15, 0.2) is 4.47 Å². The number of H-pyrrole nitrogens is 1. The average Bonchev–Trinajstić information content (AvgIpc) is 2.34. The Hall–Kier alpha value is -0.350. The molecule has 0 fully saturated rings. The van der Waals surface area contributed by atoms with E-state index in [2.05, 4.69) is 45.3 Å². The Morgan fingerprint density at radius 3 is 2.67 bits per heavy atom. The van der Waals surface area contributed by atoms with Gasteiger partial charge in [-0.05, 0) is 28.9 Å². The van der Waals surface area contributed by atoms with Gasteiger partial charge >= 0.3 is 0 Å². The summed E-state index contributed by atoms with van der Waals surface area (Å²) in [6, 6.07) is 0. The summed E-state index contributed by atoms with van der Waals surface area (Å²) in [5, 5.41) is 10.3. The van der Waals surface area contributed by atoms with Gasteiger partial charge < -0.3 is 5.32 Å². The Morgan fingerprint density at radius 1 is 1.58 bits per heavy atom. The van der Waals surface area contributed by atoms with Crippen molar-refractivity contribution < 1.29 is 0 Å². The predicted molar refractivity (Wildman–Crippen MR) is 53.1 cm³/mol. The molecule has 1 aromatic rings. The van der Waals surface area contributed by atoms with E-state index in [0.29, 0.717) is 5.92 Å². The largest absolute Gasteiger partial charge is 0.314 e. The molecule has 0 unspecified atom stereocenters. The highest BCUT2D eigenvalue weighted by molar-refractivity contribution is 9.10. The molecule has 0 atom stereocenters. The minimum atomic E-state index is 0.459. The highest BCUT2D eigenvalue weighted by atomic mass is 79.9. The first kappa shape index (κ1) is 9.74. The molecule has 0 spiro atoms. The van der Waals surface area contributed by atoms with Crippen LogP contribution in [0.25, 0.3) is 0 Å². The second-order valence-corrected chi connectivity index (χ2v) is 3.88. The van der Waals surface area contributed by atoms with Crippen LogP contribution in [0.1, 0.15) is 31.2 Å². The smallest absolute Gasteiger partial charge is 0.0792 e. The fourth-order valence-corrected chi connectivity index (χ4v) is 1.83. The number of aromatic amines is 1. The number of nitrogens with one attached hydrogen (secondary N) is 2. The van der Waals surface area contributed by atoms with Crippen LogP contribution in [0.3, 0.4) is 0 Å². The molecule has 3 nitrogen and oxygen atoms in total. The van der Waals surface area contributed by atoms with E-state index < -0.39 is 0 Å². The van der Waals surface area contributed by atoms with Crippen LogP contribution in [-0.2, 0) is 6.54 Å². The molecule has 0 aliphatic heterocycles. The summed E-state index contributed by atoms with van der Waals surface area (Å²) in [5.41, 5.74) is 2.21. The molecule has 0 bridgehead atoms. The topological polar surface area (TPSA) is 40.7 Å². The van der Waals surface area contributed by atoms with Gasteiger partial charge in [-0.25, -0.2) is 0 Å². The van der Waals surface area contributed by atoms with Gasteiger partial charge in [-0.1, -0.05) is 13.8 Å². The number of rotatable bonds is 3. The van der Waals surface area contributed by atoms with Crippen LogP contribution in [0.2, 0.25) is 0 Å². The average molecular weight is 232 g/mol. The van der Waals surface area contributed by atoms with Gasteiger partial charge in [0.05, 0.1) is 15.9 Å². The fraction of sp³-hybridized carbons (Fsp3) is 0.625. The lowest BCUT2D eigenvalue weighted by molar-refractivity contribution is 0.776. The maximum Gasteiger partial charge on any atom is 0.0792 e. The lowest BCUT2D eigenvalue weighted by atomic mass is 10.1. The quantitative estimate of drug-likeness (QED) is 0.836. The molecule has 1 aromatic heterocycles. The molecule has 1 rings (SSSR count). The van der Waals surface area contributed by atoms with Gasteiger partial charge in [0.15, 0.2) is 0 Å². The van der Waals surface area contributed by atoms with Crippen molar-refractivity contribution in [1.82, 2.24) is 15.5 Å². The first-order valence-corrected chi connectivity index (χ1v) is 4.83. The zero-order valence-corrected chi connectivity index (χ0v) is 9.20. The lowest BCUT2D eigenvalue weighted by Gasteiger charge is -2.00. The van der Waals surface area contributed by atoms with Gasteiger partial charge in [0.1, 0.15) is 0 Å². The SMILES string of the molecule is CNCc1[nH]nc(C(C)C)c1Br. The van der Waals surface area contributed by atoms with Crippen LogP contribution < -0.4 is 5.32 Å². The monoisotopic (exact) mass is 231 g/mol. The molecule has 0 aliphatic rings. The van der Waals surface area contributed by atoms with Gasteiger partial charge in [0.25, 0.3) is 0 Å². The van der Waals surface area contributed by atoms with Crippen LogP contribution >= 0.6 is 15.9 Å². The zero-order chi connectivity index (χ0) is 9.14. The first-order valence-electron chi connectivity index (χ1n) is 4.04. The molecule has 1 heterocycles. The van der Waals surface area contributed by atoms with Crippen molar-refractivity contribution in [2.24, 2.45) is 0 Å². The maximum atomic E-state index is 4.22. The number of aromatic nitrogens is 2. The molecule has 4 heteroatoms. The van der Waals surface area contributed by atoms with Crippen LogP contribution in [0, 0.1) is 0 Å². The minimum Gasteiger partial charge on any atom is -0.314 e. The van der Waals surface area contributed by atoms with E-state index in [0.717, 1.165) is 22.4 Å². The molecule has 2 N–H and O–H groups in total. The summed E-state index contributed by atoms with van der Waals surface area (Å²) in [7, 11) is 1.92. The van der Waals surface area contributed by atoms with E-state index in [1.54, 1.807) is 0 Å². The van der Waals surface area contributed by atoms with Crippen molar-refractivity contribution in [3.05, 3.63) is 15.9 Å². The molecule has 12 heavy (non-hydrogen) atoms. The number of hydrogen-bond donors (Lipinski definition) is 2. The normalized spacial score (nSPS) is 11.1. The van der Waals surface area contributed by atoms with E-state index in [1.807, 2.05) is 7.05 Å². The summed E-state index contributed by atoms with van der Waals surface area (Å²) in [4.78, 5) is 0.